The number of methoxy groups -OCH3 is 1. The summed E-state index contributed by atoms with van der Waals surface area (Å²) >= 11 is 0. The number of nitrogens with zero attached hydrogens (tertiary/aromatic N) is 2. The van der Waals surface area contributed by atoms with Gasteiger partial charge in [-0.05, 0) is 42.7 Å². The van der Waals surface area contributed by atoms with Gasteiger partial charge in [-0.15, -0.1) is 0 Å². The number of likely N-dealkylation sites (tertiary alicyclic amines) is 1. The number of benzene rings is 2. The predicted octanol–water partition coefficient (Wildman–Crippen LogP) is 3.85. The second kappa shape index (κ2) is 9.90. The second-order valence-corrected chi connectivity index (χ2v) is 8.50. The third-order valence-corrected chi connectivity index (χ3v) is 6.68. The van der Waals surface area contributed by atoms with Crippen LogP contribution in [0.1, 0.15) is 54.7 Å². The van der Waals surface area contributed by atoms with E-state index in [0.717, 1.165) is 48.1 Å². The average Bonchev–Trinajstić information content (AvgIpc) is 2.84. The van der Waals surface area contributed by atoms with Crippen LogP contribution in [-0.2, 0) is 4.79 Å². The van der Waals surface area contributed by atoms with Crippen LogP contribution in [0.5, 0.6) is 5.75 Å². The molecule has 0 bridgehead atoms. The molecule has 5 heteroatoms. The van der Waals surface area contributed by atoms with Crippen LogP contribution in [0.25, 0.3) is 0 Å². The minimum Gasteiger partial charge on any atom is -0.495 e. The van der Waals surface area contributed by atoms with Crippen LogP contribution < -0.4 is 4.74 Å². The average molecular weight is 429 g/mol. The Morgan fingerprint density at radius 2 is 1.81 bits per heavy atom. The fraction of sp³-hybridized carbons (Fsp3) is 0.407. The van der Waals surface area contributed by atoms with Gasteiger partial charge in [0.15, 0.2) is 0 Å². The summed E-state index contributed by atoms with van der Waals surface area (Å²) in [5.74, 6) is 6.85. The molecule has 2 aromatic rings. The van der Waals surface area contributed by atoms with Crippen LogP contribution in [0, 0.1) is 29.1 Å². The van der Waals surface area contributed by atoms with Gasteiger partial charge in [0, 0.05) is 17.4 Å². The number of para-hydroxylation sites is 1. The number of carbonyl (C=O) groups excluding carboxylic acids is 1. The van der Waals surface area contributed by atoms with Gasteiger partial charge in [0.1, 0.15) is 11.8 Å². The van der Waals surface area contributed by atoms with Crippen molar-refractivity contribution in [2.24, 2.45) is 5.92 Å². The molecule has 0 aromatic heterocycles. The number of carbonyl (C=O) groups is 1. The molecule has 2 fully saturated rings. The monoisotopic (exact) mass is 428 g/mol. The maximum Gasteiger partial charge on any atom is 0.227 e. The molecule has 2 aliphatic rings. The van der Waals surface area contributed by atoms with Crippen LogP contribution >= 0.6 is 0 Å². The van der Waals surface area contributed by atoms with Crippen LogP contribution in [0.2, 0.25) is 0 Å². The normalized spacial score (nSPS) is 22.8. The number of amides is 1. The van der Waals surface area contributed by atoms with Gasteiger partial charge in [-0.3, -0.25) is 4.79 Å². The first-order valence-corrected chi connectivity index (χ1v) is 11.3. The third kappa shape index (κ3) is 4.22. The zero-order valence-electron chi connectivity index (χ0n) is 18.3. The van der Waals surface area contributed by atoms with Gasteiger partial charge in [0.2, 0.25) is 5.91 Å². The van der Waals surface area contributed by atoms with E-state index in [-0.39, 0.29) is 30.4 Å². The van der Waals surface area contributed by atoms with Crippen molar-refractivity contribution in [3.63, 3.8) is 0 Å². The van der Waals surface area contributed by atoms with Gasteiger partial charge < -0.3 is 14.7 Å². The SMILES string of the molecule is COc1ccccc1C#Cc1ccc([C@H]2[C@@H](CO)N(C(=O)C3CCCCC3)[C@H]2C#N)cc1. The lowest BCUT2D eigenvalue weighted by atomic mass is 9.74. The fourth-order valence-corrected chi connectivity index (χ4v) is 4.95. The van der Waals surface area contributed by atoms with E-state index < -0.39 is 6.04 Å². The summed E-state index contributed by atoms with van der Waals surface area (Å²) < 4.78 is 5.34. The zero-order chi connectivity index (χ0) is 22.5. The van der Waals surface area contributed by atoms with Crippen LogP contribution in [0.4, 0.5) is 0 Å². The Morgan fingerprint density at radius 3 is 2.47 bits per heavy atom. The highest BCUT2D eigenvalue weighted by atomic mass is 16.5. The molecule has 0 spiro atoms. The van der Waals surface area contributed by atoms with Crippen LogP contribution in [0.3, 0.4) is 0 Å². The molecule has 1 aliphatic heterocycles. The van der Waals surface area contributed by atoms with Crippen molar-refractivity contribution in [1.82, 2.24) is 4.90 Å². The van der Waals surface area contributed by atoms with E-state index in [9.17, 15) is 15.2 Å². The molecule has 5 nitrogen and oxygen atoms in total. The number of rotatable bonds is 4. The first-order chi connectivity index (χ1) is 15.7. The maximum absolute atomic E-state index is 13.1. The smallest absolute Gasteiger partial charge is 0.227 e. The van der Waals surface area contributed by atoms with E-state index in [0.29, 0.717) is 0 Å². The summed E-state index contributed by atoms with van der Waals surface area (Å²) in [4.78, 5) is 14.7. The Labute approximate surface area is 189 Å². The van der Waals surface area contributed by atoms with Crippen LogP contribution in [-0.4, -0.2) is 41.7 Å². The summed E-state index contributed by atoms with van der Waals surface area (Å²) in [6.07, 6.45) is 5.06. The summed E-state index contributed by atoms with van der Waals surface area (Å²) in [6, 6.07) is 16.8. The Hall–Kier alpha value is -3.28. The Bertz CT molecular complexity index is 1050. The molecule has 1 amide bonds. The number of nitriles is 1. The molecule has 4 rings (SSSR count). The van der Waals surface area contributed by atoms with Crippen molar-refractivity contribution in [2.45, 2.75) is 50.1 Å². The Kier molecular flexibility index (Phi) is 6.78. The van der Waals surface area contributed by atoms with Crippen molar-refractivity contribution in [3.05, 3.63) is 65.2 Å². The highest BCUT2D eigenvalue weighted by molar-refractivity contribution is 5.81. The Morgan fingerprint density at radius 1 is 1.09 bits per heavy atom. The molecule has 1 saturated heterocycles. The fourth-order valence-electron chi connectivity index (χ4n) is 4.95. The highest BCUT2D eigenvalue weighted by Gasteiger charge is 2.52. The molecule has 32 heavy (non-hydrogen) atoms. The van der Waals surface area contributed by atoms with Gasteiger partial charge in [0.25, 0.3) is 0 Å². The molecule has 1 aliphatic carbocycles. The lowest BCUT2D eigenvalue weighted by Gasteiger charge is -2.52. The number of ether oxygens (including phenoxy) is 1. The molecular formula is C27H28N2O3. The third-order valence-electron chi connectivity index (χ3n) is 6.68. The van der Waals surface area contributed by atoms with Crippen molar-refractivity contribution < 1.29 is 14.6 Å². The van der Waals surface area contributed by atoms with E-state index in [2.05, 4.69) is 17.9 Å². The molecule has 1 heterocycles. The van der Waals surface area contributed by atoms with Gasteiger partial charge in [-0.25, -0.2) is 0 Å². The van der Waals surface area contributed by atoms with Gasteiger partial charge in [0.05, 0.1) is 31.4 Å². The summed E-state index contributed by atoms with van der Waals surface area (Å²) in [7, 11) is 1.62. The summed E-state index contributed by atoms with van der Waals surface area (Å²) in [6.45, 7) is -0.142. The molecule has 1 saturated carbocycles. The topological polar surface area (TPSA) is 73.6 Å². The summed E-state index contributed by atoms with van der Waals surface area (Å²) in [5.41, 5.74) is 2.62. The van der Waals surface area contributed by atoms with E-state index in [1.54, 1.807) is 12.0 Å². The van der Waals surface area contributed by atoms with Crippen LogP contribution in [0.15, 0.2) is 48.5 Å². The van der Waals surface area contributed by atoms with E-state index in [1.165, 1.54) is 6.42 Å². The van der Waals surface area contributed by atoms with E-state index >= 15 is 0 Å². The minimum absolute atomic E-state index is 0.0118. The van der Waals surface area contributed by atoms with Crippen molar-refractivity contribution in [1.29, 1.82) is 5.26 Å². The minimum atomic E-state index is -0.535. The van der Waals surface area contributed by atoms with Gasteiger partial charge >= 0.3 is 0 Å². The largest absolute Gasteiger partial charge is 0.495 e. The molecule has 0 radical (unpaired) electrons. The van der Waals surface area contributed by atoms with E-state index in [1.807, 2.05) is 48.5 Å². The number of hydrogen-bond donors (Lipinski definition) is 1. The number of aliphatic hydroxyl groups excluding tert-OH is 1. The number of hydrogen-bond acceptors (Lipinski definition) is 4. The molecular weight excluding hydrogens is 400 g/mol. The summed E-state index contributed by atoms with van der Waals surface area (Å²) in [5, 5.41) is 19.8. The van der Waals surface area contributed by atoms with Crippen molar-refractivity contribution in [2.75, 3.05) is 13.7 Å². The van der Waals surface area contributed by atoms with Crippen molar-refractivity contribution >= 4 is 5.91 Å². The van der Waals surface area contributed by atoms with Gasteiger partial charge in [-0.2, -0.15) is 5.26 Å². The quantitative estimate of drug-likeness (QED) is 0.751. The lowest BCUT2D eigenvalue weighted by Crippen LogP contribution is -2.66. The van der Waals surface area contributed by atoms with Crippen molar-refractivity contribution in [3.8, 4) is 23.7 Å². The predicted molar refractivity (Wildman–Crippen MR) is 122 cm³/mol. The first-order valence-electron chi connectivity index (χ1n) is 11.3. The van der Waals surface area contributed by atoms with E-state index in [4.69, 9.17) is 4.74 Å². The molecule has 0 unspecified atom stereocenters. The standard InChI is InChI=1S/C27H28N2O3/c1-32-25-10-6-5-7-20(25)14-11-19-12-15-21(16-13-19)26-23(17-28)29(24(26)18-30)27(31)22-8-3-2-4-9-22/h5-7,10,12-13,15-16,22-24,26,30H,2-4,8-9,18H2,1H3/t23-,24+,26+/m0/s1. The lowest BCUT2D eigenvalue weighted by molar-refractivity contribution is -0.152. The molecule has 164 valence electrons. The zero-order valence-corrected chi connectivity index (χ0v) is 18.3. The Balaban J connectivity index is 1.50. The molecule has 1 N–H and O–H groups in total. The highest BCUT2D eigenvalue weighted by Crippen LogP contribution is 2.42. The second-order valence-electron chi connectivity index (χ2n) is 8.50. The maximum atomic E-state index is 13.1. The van der Waals surface area contributed by atoms with Gasteiger partial charge in [-0.1, -0.05) is 55.4 Å². The molecule has 2 aromatic carbocycles. The molecule has 3 atom stereocenters. The first kappa shape index (κ1) is 21.9. The number of aliphatic hydroxyl groups is 1.